The van der Waals surface area contributed by atoms with Crippen molar-refractivity contribution in [2.24, 2.45) is 5.92 Å². The Bertz CT molecular complexity index is 2150. The average molecular weight is 833 g/mol. The molecular weight excluding hydrogens is 789 g/mol. The van der Waals surface area contributed by atoms with E-state index in [9.17, 15) is 33.6 Å². The van der Waals surface area contributed by atoms with Gasteiger partial charge in [0, 0.05) is 69.4 Å². The van der Waals surface area contributed by atoms with Gasteiger partial charge in [-0.2, -0.15) is 5.10 Å². The molecule has 8 rings (SSSR count). The van der Waals surface area contributed by atoms with Gasteiger partial charge in [-0.05, 0) is 75.3 Å². The highest BCUT2D eigenvalue weighted by molar-refractivity contribution is 6.40. The third kappa shape index (κ3) is 7.79. The van der Waals surface area contributed by atoms with Crippen LogP contribution in [0.15, 0.2) is 42.6 Å². The molecule has 0 saturated carbocycles. The number of H-pyrrole nitrogens is 1. The first kappa shape index (κ1) is 39.5. The molecule has 3 aromatic rings. The molecule has 1 atom stereocenters. The number of amides is 7. The standard InChI is InChI=1S/C40H43Cl2N9O7/c41-28-2-1-3-29(42)33(28)36(54)45-30-21-43-47-34(30)37(55)44-23-10-16-48(17-11-23)24-12-18-50(19-13-24)38(56)22-8-14-49(15-9-22)25-4-5-26-27(20-25)40(58)51(39(26)57)31-6-7-32(52)46-35(31)53/h1-5,20-24,31H,6-19H2,(H,43,47)(H,44,55)(H,45,54)(H,46,52,53). The summed E-state index contributed by atoms with van der Waals surface area (Å²) in [7, 11) is 0. The number of benzene rings is 2. The van der Waals surface area contributed by atoms with Crippen LogP contribution in [-0.2, 0) is 14.4 Å². The number of hydrogen-bond acceptors (Lipinski definition) is 10. The van der Waals surface area contributed by atoms with Crippen LogP contribution in [0, 0.1) is 5.92 Å². The Kier molecular flexibility index (Phi) is 11.2. The Labute approximate surface area is 343 Å². The fourth-order valence-electron chi connectivity index (χ4n) is 8.87. The number of piperidine rings is 4. The lowest BCUT2D eigenvalue weighted by molar-refractivity contribution is -0.138. The molecule has 4 saturated heterocycles. The Morgan fingerprint density at radius 3 is 2.16 bits per heavy atom. The lowest BCUT2D eigenvalue weighted by Crippen LogP contribution is -2.54. The van der Waals surface area contributed by atoms with E-state index in [0.29, 0.717) is 45.1 Å². The zero-order chi connectivity index (χ0) is 40.7. The number of halogens is 2. The Hall–Kier alpha value is -5.32. The molecule has 0 aliphatic carbocycles. The number of fused-ring (bicyclic) bond motifs is 1. The maximum Gasteiger partial charge on any atom is 0.271 e. The molecule has 1 aromatic heterocycles. The lowest BCUT2D eigenvalue weighted by Gasteiger charge is -2.43. The number of carbonyl (C=O) groups is 7. The normalized spacial score (nSPS) is 21.3. The highest BCUT2D eigenvalue weighted by atomic mass is 35.5. The summed E-state index contributed by atoms with van der Waals surface area (Å²) in [5, 5.41) is 15.0. The lowest BCUT2D eigenvalue weighted by atomic mass is 9.92. The van der Waals surface area contributed by atoms with Crippen LogP contribution < -0.4 is 20.9 Å². The number of likely N-dealkylation sites (tertiary alicyclic amines) is 2. The van der Waals surface area contributed by atoms with Gasteiger partial charge in [-0.15, -0.1) is 0 Å². The summed E-state index contributed by atoms with van der Waals surface area (Å²) in [5.41, 5.74) is 1.75. The van der Waals surface area contributed by atoms with E-state index in [2.05, 4.69) is 35.9 Å². The van der Waals surface area contributed by atoms with Crippen molar-refractivity contribution in [3.8, 4) is 0 Å². The molecule has 1 unspecified atom stereocenters. The second kappa shape index (κ2) is 16.5. The minimum Gasteiger partial charge on any atom is -0.371 e. The predicted molar refractivity (Wildman–Crippen MR) is 213 cm³/mol. The van der Waals surface area contributed by atoms with E-state index in [1.807, 2.05) is 4.90 Å². The zero-order valence-corrected chi connectivity index (χ0v) is 33.1. The number of anilines is 2. The molecule has 7 amide bonds. The SMILES string of the molecule is O=C1CCC(N2C(=O)c3ccc(N4CCC(C(=O)N5CCC(N6CCC(NC(=O)c7[nH]ncc7NC(=O)c7c(Cl)cccc7Cl)CC6)CC5)CC4)cc3C2=O)C(=O)N1. The number of aromatic amines is 1. The van der Waals surface area contributed by atoms with Crippen molar-refractivity contribution in [1.29, 1.82) is 0 Å². The van der Waals surface area contributed by atoms with Crippen LogP contribution in [-0.4, -0.2) is 124 Å². The first-order valence-corrected chi connectivity index (χ1v) is 20.5. The van der Waals surface area contributed by atoms with Gasteiger partial charge in [0.15, 0.2) is 0 Å². The largest absolute Gasteiger partial charge is 0.371 e. The van der Waals surface area contributed by atoms with Crippen molar-refractivity contribution < 1.29 is 33.6 Å². The third-order valence-electron chi connectivity index (χ3n) is 12.1. The second-order valence-electron chi connectivity index (χ2n) is 15.5. The van der Waals surface area contributed by atoms with Crippen molar-refractivity contribution in [3.63, 3.8) is 0 Å². The average Bonchev–Trinajstić information content (AvgIpc) is 3.79. The predicted octanol–water partition coefficient (Wildman–Crippen LogP) is 3.47. The Balaban J connectivity index is 0.772. The number of nitrogens with zero attached hydrogens (tertiary/aromatic N) is 5. The van der Waals surface area contributed by atoms with Crippen LogP contribution in [0.1, 0.15) is 92.9 Å². The molecule has 304 valence electrons. The summed E-state index contributed by atoms with van der Waals surface area (Å²) in [6.45, 7) is 4.28. The van der Waals surface area contributed by atoms with Crippen LogP contribution in [0.25, 0.3) is 0 Å². The molecule has 4 N–H and O–H groups in total. The van der Waals surface area contributed by atoms with Crippen molar-refractivity contribution in [2.45, 2.75) is 69.5 Å². The molecule has 5 aliphatic heterocycles. The van der Waals surface area contributed by atoms with Crippen molar-refractivity contribution >= 4 is 75.9 Å². The van der Waals surface area contributed by atoms with Gasteiger partial charge in [-0.3, -0.25) is 48.9 Å². The maximum absolute atomic E-state index is 13.6. The van der Waals surface area contributed by atoms with Gasteiger partial charge >= 0.3 is 0 Å². The molecule has 6 heterocycles. The number of rotatable bonds is 8. The van der Waals surface area contributed by atoms with Gasteiger partial charge in [-0.1, -0.05) is 29.3 Å². The number of imide groups is 2. The van der Waals surface area contributed by atoms with Gasteiger partial charge in [0.25, 0.3) is 23.6 Å². The molecule has 0 bridgehead atoms. The van der Waals surface area contributed by atoms with Crippen LogP contribution in [0.3, 0.4) is 0 Å². The van der Waals surface area contributed by atoms with Crippen LogP contribution in [0.5, 0.6) is 0 Å². The summed E-state index contributed by atoms with van der Waals surface area (Å²) in [6, 6.07) is 9.18. The van der Waals surface area contributed by atoms with Crippen LogP contribution >= 0.6 is 23.2 Å². The first-order chi connectivity index (χ1) is 28.0. The van der Waals surface area contributed by atoms with E-state index in [0.717, 1.165) is 49.4 Å². The zero-order valence-electron chi connectivity index (χ0n) is 31.6. The number of carbonyl (C=O) groups excluding carboxylic acids is 7. The molecule has 4 fully saturated rings. The van der Waals surface area contributed by atoms with Crippen LogP contribution in [0.4, 0.5) is 11.4 Å². The van der Waals surface area contributed by atoms with Crippen LogP contribution in [0.2, 0.25) is 10.0 Å². The molecule has 0 spiro atoms. The summed E-state index contributed by atoms with van der Waals surface area (Å²) >= 11 is 12.4. The topological polar surface area (TPSA) is 197 Å². The number of aromatic nitrogens is 2. The fourth-order valence-corrected chi connectivity index (χ4v) is 9.44. The Morgan fingerprint density at radius 2 is 1.47 bits per heavy atom. The minimum atomic E-state index is -1.01. The van der Waals surface area contributed by atoms with E-state index < -0.39 is 35.6 Å². The summed E-state index contributed by atoms with van der Waals surface area (Å²) in [4.78, 5) is 97.8. The van der Waals surface area contributed by atoms with Gasteiger partial charge < -0.3 is 25.3 Å². The number of nitrogens with one attached hydrogen (secondary N) is 4. The highest BCUT2D eigenvalue weighted by Crippen LogP contribution is 2.33. The van der Waals surface area contributed by atoms with E-state index in [-0.39, 0.29) is 74.7 Å². The highest BCUT2D eigenvalue weighted by Gasteiger charge is 2.45. The summed E-state index contributed by atoms with van der Waals surface area (Å²) in [6.07, 6.45) is 6.17. The van der Waals surface area contributed by atoms with E-state index in [4.69, 9.17) is 23.2 Å². The first-order valence-electron chi connectivity index (χ1n) is 19.7. The van der Waals surface area contributed by atoms with Gasteiger partial charge in [0.05, 0.1) is 38.6 Å². The van der Waals surface area contributed by atoms with E-state index >= 15 is 0 Å². The maximum atomic E-state index is 13.6. The summed E-state index contributed by atoms with van der Waals surface area (Å²) < 4.78 is 0. The smallest absolute Gasteiger partial charge is 0.271 e. The van der Waals surface area contributed by atoms with Gasteiger partial charge in [-0.25, -0.2) is 0 Å². The minimum absolute atomic E-state index is 0.0477. The van der Waals surface area contributed by atoms with Crippen molar-refractivity contribution in [1.82, 2.24) is 35.5 Å². The number of hydrogen-bond donors (Lipinski definition) is 4. The summed E-state index contributed by atoms with van der Waals surface area (Å²) in [5.74, 6) is -2.96. The van der Waals surface area contributed by atoms with Gasteiger partial charge in [0.2, 0.25) is 17.7 Å². The molecular formula is C40H43Cl2N9O7. The third-order valence-corrected chi connectivity index (χ3v) is 12.7. The van der Waals surface area contributed by atoms with Crippen molar-refractivity contribution in [3.05, 3.63) is 75.0 Å². The second-order valence-corrected chi connectivity index (χ2v) is 16.3. The van der Waals surface area contributed by atoms with E-state index in [1.54, 1.807) is 36.4 Å². The van der Waals surface area contributed by atoms with E-state index in [1.165, 1.54) is 6.20 Å². The van der Waals surface area contributed by atoms with Crippen molar-refractivity contribution in [2.75, 3.05) is 49.5 Å². The monoisotopic (exact) mass is 831 g/mol. The molecule has 18 heteroatoms. The molecule has 16 nitrogen and oxygen atoms in total. The molecule has 5 aliphatic rings. The molecule has 0 radical (unpaired) electrons. The Morgan fingerprint density at radius 1 is 0.776 bits per heavy atom. The molecule has 58 heavy (non-hydrogen) atoms. The fraction of sp³-hybridized carbons (Fsp3) is 0.450. The molecule has 2 aromatic carbocycles. The van der Waals surface area contributed by atoms with Gasteiger partial charge in [0.1, 0.15) is 11.7 Å². The quantitative estimate of drug-likeness (QED) is 0.244.